The van der Waals surface area contributed by atoms with E-state index >= 15 is 0 Å². The molecule has 1 saturated heterocycles. The highest BCUT2D eigenvalue weighted by Gasteiger charge is 2.32. The van der Waals surface area contributed by atoms with Crippen LogP contribution in [0, 0.1) is 11.7 Å². The fraction of sp³-hybridized carbons (Fsp3) is 0.714. The van der Waals surface area contributed by atoms with Crippen molar-refractivity contribution in [3.8, 4) is 6.01 Å². The van der Waals surface area contributed by atoms with E-state index in [4.69, 9.17) is 9.47 Å². The van der Waals surface area contributed by atoms with Crippen molar-refractivity contribution in [3.63, 3.8) is 0 Å². The number of nitrogens with zero attached hydrogens (tertiary/aromatic N) is 3. The first-order chi connectivity index (χ1) is 14.2. The zero-order valence-corrected chi connectivity index (χ0v) is 17.9. The van der Waals surface area contributed by atoms with Crippen LogP contribution in [0.4, 0.5) is 9.18 Å². The predicted molar refractivity (Wildman–Crippen MR) is 107 cm³/mol. The van der Waals surface area contributed by atoms with Gasteiger partial charge in [-0.1, -0.05) is 0 Å². The molecule has 1 atom stereocenters. The molecule has 2 heterocycles. The molecular formula is C21H31FN4O4. The summed E-state index contributed by atoms with van der Waals surface area (Å²) in [5.41, 5.74) is -0.550. The molecule has 8 nitrogen and oxygen atoms in total. The van der Waals surface area contributed by atoms with Gasteiger partial charge in [0.1, 0.15) is 11.7 Å². The van der Waals surface area contributed by atoms with Crippen molar-refractivity contribution in [2.75, 3.05) is 13.1 Å². The average Bonchev–Trinajstić information content (AvgIpc) is 2.70. The van der Waals surface area contributed by atoms with Crippen molar-refractivity contribution >= 4 is 12.0 Å². The zero-order valence-electron chi connectivity index (χ0n) is 17.9. The fourth-order valence-corrected chi connectivity index (χ4v) is 3.84. The highest BCUT2D eigenvalue weighted by Crippen LogP contribution is 2.24. The molecule has 1 aliphatic carbocycles. The van der Waals surface area contributed by atoms with E-state index in [1.807, 2.05) is 20.8 Å². The molecule has 2 amide bonds. The summed E-state index contributed by atoms with van der Waals surface area (Å²) in [5, 5.41) is 3.13. The second-order valence-corrected chi connectivity index (χ2v) is 9.05. The summed E-state index contributed by atoms with van der Waals surface area (Å²) in [6.07, 6.45) is 6.43. The largest absolute Gasteiger partial charge is 0.460 e. The molecule has 1 unspecified atom stereocenters. The molecular weight excluding hydrogens is 391 g/mol. The number of halogens is 1. The Morgan fingerprint density at radius 3 is 2.43 bits per heavy atom. The van der Waals surface area contributed by atoms with Crippen LogP contribution in [0.15, 0.2) is 12.4 Å². The number of ether oxygens (including phenoxy) is 2. The fourth-order valence-electron chi connectivity index (χ4n) is 3.84. The summed E-state index contributed by atoms with van der Waals surface area (Å²) < 4.78 is 24.0. The van der Waals surface area contributed by atoms with Crippen molar-refractivity contribution in [1.29, 1.82) is 0 Å². The lowest BCUT2D eigenvalue weighted by Gasteiger charge is -2.35. The molecule has 1 N–H and O–H groups in total. The van der Waals surface area contributed by atoms with E-state index < -0.39 is 11.4 Å². The number of amides is 2. The zero-order chi connectivity index (χ0) is 21.7. The number of carbonyl (C=O) groups is 2. The molecule has 2 fully saturated rings. The summed E-state index contributed by atoms with van der Waals surface area (Å²) in [6, 6.07) is 0.261. The molecule has 1 aromatic rings. The van der Waals surface area contributed by atoms with Crippen LogP contribution in [0.1, 0.15) is 59.3 Å². The van der Waals surface area contributed by atoms with Crippen molar-refractivity contribution in [3.05, 3.63) is 18.2 Å². The first-order valence-electron chi connectivity index (χ1n) is 10.6. The van der Waals surface area contributed by atoms with Crippen molar-refractivity contribution < 1.29 is 23.5 Å². The highest BCUT2D eigenvalue weighted by molar-refractivity contribution is 5.80. The lowest BCUT2D eigenvalue weighted by Crippen LogP contribution is -2.49. The van der Waals surface area contributed by atoms with Crippen LogP contribution in [0.25, 0.3) is 0 Å². The van der Waals surface area contributed by atoms with E-state index in [-0.39, 0.29) is 36.1 Å². The lowest BCUT2D eigenvalue weighted by atomic mass is 9.91. The summed E-state index contributed by atoms with van der Waals surface area (Å²) in [4.78, 5) is 34.3. The number of aromatic nitrogens is 2. The molecule has 1 saturated carbocycles. The van der Waals surface area contributed by atoms with Crippen molar-refractivity contribution in [2.45, 2.75) is 77.0 Å². The highest BCUT2D eigenvalue weighted by atomic mass is 19.1. The van der Waals surface area contributed by atoms with Crippen LogP contribution in [0.3, 0.4) is 0 Å². The van der Waals surface area contributed by atoms with E-state index in [1.165, 1.54) is 0 Å². The summed E-state index contributed by atoms with van der Waals surface area (Å²) in [6.45, 7) is 6.51. The van der Waals surface area contributed by atoms with Crippen LogP contribution < -0.4 is 10.1 Å². The number of likely N-dealkylation sites (tertiary alicyclic amines) is 1. The van der Waals surface area contributed by atoms with Gasteiger partial charge in [-0.2, -0.15) is 0 Å². The maximum Gasteiger partial charge on any atom is 0.410 e. The van der Waals surface area contributed by atoms with Crippen molar-refractivity contribution in [1.82, 2.24) is 20.2 Å². The van der Waals surface area contributed by atoms with E-state index in [0.717, 1.165) is 50.9 Å². The maximum absolute atomic E-state index is 12.9. The topological polar surface area (TPSA) is 93.7 Å². The van der Waals surface area contributed by atoms with E-state index in [2.05, 4.69) is 15.3 Å². The number of carbonyl (C=O) groups excluding carboxylic acids is 2. The summed E-state index contributed by atoms with van der Waals surface area (Å²) in [5.74, 6) is -0.718. The van der Waals surface area contributed by atoms with Gasteiger partial charge in [-0.3, -0.25) is 4.79 Å². The average molecular weight is 423 g/mol. The lowest BCUT2D eigenvalue weighted by molar-refractivity contribution is -0.127. The quantitative estimate of drug-likeness (QED) is 0.802. The molecule has 2 aliphatic rings. The molecule has 3 rings (SSSR count). The van der Waals surface area contributed by atoms with Crippen LogP contribution in [-0.2, 0) is 9.53 Å². The Kier molecular flexibility index (Phi) is 7.10. The van der Waals surface area contributed by atoms with Gasteiger partial charge in [0.25, 0.3) is 0 Å². The molecule has 9 heteroatoms. The van der Waals surface area contributed by atoms with Gasteiger partial charge in [0, 0.05) is 19.1 Å². The van der Waals surface area contributed by atoms with Gasteiger partial charge in [-0.05, 0) is 59.3 Å². The van der Waals surface area contributed by atoms with E-state index in [0.29, 0.717) is 13.1 Å². The first kappa shape index (κ1) is 22.2. The van der Waals surface area contributed by atoms with Gasteiger partial charge >= 0.3 is 12.1 Å². The molecule has 0 radical (unpaired) electrons. The molecule has 0 bridgehead atoms. The summed E-state index contributed by atoms with van der Waals surface area (Å²) in [7, 11) is 0. The predicted octanol–water partition coefficient (Wildman–Crippen LogP) is 3.07. The number of piperidine rings is 1. The molecule has 1 aliphatic heterocycles. The van der Waals surface area contributed by atoms with Gasteiger partial charge in [0.05, 0.1) is 18.3 Å². The third-order valence-electron chi connectivity index (χ3n) is 5.33. The number of hydrogen-bond acceptors (Lipinski definition) is 6. The Bertz CT molecular complexity index is 730. The summed E-state index contributed by atoms with van der Waals surface area (Å²) >= 11 is 0. The number of rotatable bonds is 4. The van der Waals surface area contributed by atoms with Gasteiger partial charge in [0.2, 0.25) is 5.91 Å². The van der Waals surface area contributed by atoms with Gasteiger partial charge in [0.15, 0.2) is 5.82 Å². The minimum atomic E-state index is -0.550. The minimum Gasteiger partial charge on any atom is -0.460 e. The third kappa shape index (κ3) is 6.53. The molecule has 0 spiro atoms. The minimum absolute atomic E-state index is 0.00510. The maximum atomic E-state index is 12.9. The standard InChI is InChI=1S/C21H31FN4O4/c1-21(2,3)30-20(28)26-10-4-5-14(13-26)18(27)25-16-6-8-17(9-7-16)29-19-23-11-15(22)12-24-19/h11-12,14,16-17H,4-10,13H2,1-3H3,(H,25,27). The van der Waals surface area contributed by atoms with Crippen molar-refractivity contribution in [2.24, 2.45) is 5.92 Å². The van der Waals surface area contributed by atoms with Gasteiger partial charge in [-0.15, -0.1) is 0 Å². The van der Waals surface area contributed by atoms with E-state index in [9.17, 15) is 14.0 Å². The van der Waals surface area contributed by atoms with Gasteiger partial charge in [-0.25, -0.2) is 19.2 Å². The molecule has 1 aromatic heterocycles. The monoisotopic (exact) mass is 422 g/mol. The molecule has 30 heavy (non-hydrogen) atoms. The third-order valence-corrected chi connectivity index (χ3v) is 5.33. The van der Waals surface area contributed by atoms with Crippen LogP contribution in [-0.4, -0.2) is 57.7 Å². The van der Waals surface area contributed by atoms with Gasteiger partial charge < -0.3 is 19.7 Å². The Labute approximate surface area is 176 Å². The number of nitrogens with one attached hydrogen (secondary N) is 1. The number of hydrogen-bond donors (Lipinski definition) is 1. The first-order valence-corrected chi connectivity index (χ1v) is 10.6. The smallest absolute Gasteiger partial charge is 0.410 e. The molecule has 166 valence electrons. The van der Waals surface area contributed by atoms with Crippen LogP contribution >= 0.6 is 0 Å². The van der Waals surface area contributed by atoms with Crippen LogP contribution in [0.5, 0.6) is 6.01 Å². The Balaban J connectivity index is 1.42. The second kappa shape index (κ2) is 9.57. The second-order valence-electron chi connectivity index (χ2n) is 9.05. The van der Waals surface area contributed by atoms with E-state index in [1.54, 1.807) is 4.90 Å². The molecule has 0 aromatic carbocycles. The Morgan fingerprint density at radius 2 is 1.80 bits per heavy atom. The Morgan fingerprint density at radius 1 is 1.13 bits per heavy atom. The normalized spacial score (nSPS) is 24.8. The Hall–Kier alpha value is -2.45. The van der Waals surface area contributed by atoms with Crippen LogP contribution in [0.2, 0.25) is 0 Å². The SMILES string of the molecule is CC(C)(C)OC(=O)N1CCCC(C(=O)NC2CCC(Oc3ncc(F)cn3)CC2)C1.